The standard InChI is InChI=1S/C19H27N3/c20-12-7-14-22(17-19-10-5-2-6-11-19)15-13-21-16-18-8-3-1-4-9-18/h1-6,8-11,21H,7,12-17,20H2. The molecule has 2 aromatic rings. The van der Waals surface area contributed by atoms with Gasteiger partial charge in [-0.25, -0.2) is 0 Å². The molecular formula is C19H27N3. The second kappa shape index (κ2) is 10.1. The molecule has 3 heteroatoms. The topological polar surface area (TPSA) is 41.3 Å². The van der Waals surface area contributed by atoms with Gasteiger partial charge in [0.1, 0.15) is 0 Å². The molecule has 118 valence electrons. The molecule has 2 aromatic carbocycles. The van der Waals surface area contributed by atoms with Gasteiger partial charge in [0.15, 0.2) is 0 Å². The summed E-state index contributed by atoms with van der Waals surface area (Å²) >= 11 is 0. The van der Waals surface area contributed by atoms with E-state index in [-0.39, 0.29) is 0 Å². The second-order valence-electron chi connectivity index (χ2n) is 5.57. The molecule has 0 saturated carbocycles. The molecule has 22 heavy (non-hydrogen) atoms. The third kappa shape index (κ3) is 6.39. The van der Waals surface area contributed by atoms with Crippen molar-refractivity contribution in [1.82, 2.24) is 10.2 Å². The van der Waals surface area contributed by atoms with E-state index in [2.05, 4.69) is 70.9 Å². The van der Waals surface area contributed by atoms with Gasteiger partial charge in [0.25, 0.3) is 0 Å². The summed E-state index contributed by atoms with van der Waals surface area (Å²) in [7, 11) is 0. The summed E-state index contributed by atoms with van der Waals surface area (Å²) in [5, 5.41) is 3.52. The third-order valence-corrected chi connectivity index (χ3v) is 3.70. The quantitative estimate of drug-likeness (QED) is 0.662. The van der Waals surface area contributed by atoms with Crippen molar-refractivity contribution in [2.75, 3.05) is 26.2 Å². The van der Waals surface area contributed by atoms with Gasteiger partial charge in [0, 0.05) is 26.2 Å². The number of nitrogens with zero attached hydrogens (tertiary/aromatic N) is 1. The van der Waals surface area contributed by atoms with Crippen molar-refractivity contribution in [1.29, 1.82) is 0 Å². The van der Waals surface area contributed by atoms with Gasteiger partial charge in [-0.1, -0.05) is 60.7 Å². The zero-order chi connectivity index (χ0) is 15.5. The van der Waals surface area contributed by atoms with Crippen LogP contribution in [0.3, 0.4) is 0 Å². The molecule has 0 aliphatic rings. The van der Waals surface area contributed by atoms with Gasteiger partial charge in [0.05, 0.1) is 0 Å². The van der Waals surface area contributed by atoms with E-state index in [9.17, 15) is 0 Å². The lowest BCUT2D eigenvalue weighted by atomic mass is 10.2. The lowest BCUT2D eigenvalue weighted by Crippen LogP contribution is -2.33. The van der Waals surface area contributed by atoms with Crippen LogP contribution in [-0.2, 0) is 13.1 Å². The normalized spacial score (nSPS) is 11.0. The molecule has 3 nitrogen and oxygen atoms in total. The molecule has 0 radical (unpaired) electrons. The Morgan fingerprint density at radius 3 is 2.09 bits per heavy atom. The molecule has 0 bridgehead atoms. The van der Waals surface area contributed by atoms with Gasteiger partial charge in [-0.2, -0.15) is 0 Å². The Morgan fingerprint density at radius 1 is 0.818 bits per heavy atom. The zero-order valence-corrected chi connectivity index (χ0v) is 13.2. The van der Waals surface area contributed by atoms with Crippen molar-refractivity contribution in [3.05, 3.63) is 71.8 Å². The van der Waals surface area contributed by atoms with Gasteiger partial charge >= 0.3 is 0 Å². The van der Waals surface area contributed by atoms with Crippen LogP contribution in [0.2, 0.25) is 0 Å². The summed E-state index contributed by atoms with van der Waals surface area (Å²) in [6, 6.07) is 21.2. The van der Waals surface area contributed by atoms with E-state index in [0.717, 1.165) is 45.7 Å². The van der Waals surface area contributed by atoms with Crippen LogP contribution in [0.15, 0.2) is 60.7 Å². The Hall–Kier alpha value is -1.68. The van der Waals surface area contributed by atoms with E-state index in [4.69, 9.17) is 5.73 Å². The highest BCUT2D eigenvalue weighted by Crippen LogP contribution is 2.04. The average molecular weight is 297 g/mol. The fourth-order valence-electron chi connectivity index (χ4n) is 2.49. The molecule has 3 N–H and O–H groups in total. The monoisotopic (exact) mass is 297 g/mol. The van der Waals surface area contributed by atoms with E-state index < -0.39 is 0 Å². The number of benzene rings is 2. The SMILES string of the molecule is NCCCN(CCNCc1ccccc1)Cc1ccccc1. The molecule has 0 amide bonds. The number of hydrogen-bond acceptors (Lipinski definition) is 3. The van der Waals surface area contributed by atoms with E-state index in [0.29, 0.717) is 0 Å². The molecule has 0 fully saturated rings. The Labute approximate surface area is 134 Å². The fraction of sp³-hybridized carbons (Fsp3) is 0.368. The maximum atomic E-state index is 5.66. The van der Waals surface area contributed by atoms with Crippen molar-refractivity contribution in [3.8, 4) is 0 Å². The molecule has 0 heterocycles. The average Bonchev–Trinajstić information content (AvgIpc) is 2.58. The number of rotatable bonds is 10. The smallest absolute Gasteiger partial charge is 0.0234 e. The Balaban J connectivity index is 1.74. The lowest BCUT2D eigenvalue weighted by Gasteiger charge is -2.22. The molecule has 0 saturated heterocycles. The maximum Gasteiger partial charge on any atom is 0.0234 e. The van der Waals surface area contributed by atoms with Crippen LogP contribution in [0.4, 0.5) is 0 Å². The van der Waals surface area contributed by atoms with Crippen LogP contribution in [0.25, 0.3) is 0 Å². The first kappa shape index (κ1) is 16.7. The van der Waals surface area contributed by atoms with E-state index >= 15 is 0 Å². The number of hydrogen-bond donors (Lipinski definition) is 2. The number of nitrogens with one attached hydrogen (secondary N) is 1. The summed E-state index contributed by atoms with van der Waals surface area (Å²) < 4.78 is 0. The highest BCUT2D eigenvalue weighted by Gasteiger charge is 2.05. The molecule has 0 aliphatic carbocycles. The van der Waals surface area contributed by atoms with Crippen LogP contribution < -0.4 is 11.1 Å². The highest BCUT2D eigenvalue weighted by atomic mass is 15.1. The first-order chi connectivity index (χ1) is 10.9. The zero-order valence-electron chi connectivity index (χ0n) is 13.2. The molecule has 0 aromatic heterocycles. The van der Waals surface area contributed by atoms with E-state index in [1.807, 2.05) is 0 Å². The fourth-order valence-corrected chi connectivity index (χ4v) is 2.49. The van der Waals surface area contributed by atoms with Crippen LogP contribution in [0.1, 0.15) is 17.5 Å². The first-order valence-electron chi connectivity index (χ1n) is 8.09. The third-order valence-electron chi connectivity index (χ3n) is 3.70. The Kier molecular flexibility index (Phi) is 7.67. The van der Waals surface area contributed by atoms with Crippen LogP contribution in [0.5, 0.6) is 0 Å². The van der Waals surface area contributed by atoms with Crippen molar-refractivity contribution in [2.45, 2.75) is 19.5 Å². The van der Waals surface area contributed by atoms with Gasteiger partial charge in [-0.15, -0.1) is 0 Å². The minimum Gasteiger partial charge on any atom is -0.330 e. The summed E-state index contributed by atoms with van der Waals surface area (Å²) in [5.74, 6) is 0. The van der Waals surface area contributed by atoms with E-state index in [1.54, 1.807) is 0 Å². The van der Waals surface area contributed by atoms with Crippen LogP contribution in [0, 0.1) is 0 Å². The minimum absolute atomic E-state index is 0.753. The molecular weight excluding hydrogens is 270 g/mol. The van der Waals surface area contributed by atoms with Crippen LogP contribution in [-0.4, -0.2) is 31.1 Å². The second-order valence-corrected chi connectivity index (χ2v) is 5.57. The van der Waals surface area contributed by atoms with Gasteiger partial charge in [0.2, 0.25) is 0 Å². The van der Waals surface area contributed by atoms with Crippen LogP contribution >= 0.6 is 0 Å². The van der Waals surface area contributed by atoms with Crippen molar-refractivity contribution in [3.63, 3.8) is 0 Å². The molecule has 0 atom stereocenters. The van der Waals surface area contributed by atoms with Crippen molar-refractivity contribution >= 4 is 0 Å². The Morgan fingerprint density at radius 2 is 1.45 bits per heavy atom. The van der Waals surface area contributed by atoms with Gasteiger partial charge in [-0.05, 0) is 30.6 Å². The van der Waals surface area contributed by atoms with Crippen molar-refractivity contribution in [2.24, 2.45) is 5.73 Å². The Bertz CT molecular complexity index is 499. The molecule has 0 spiro atoms. The predicted octanol–water partition coefficient (Wildman–Crippen LogP) is 2.63. The lowest BCUT2D eigenvalue weighted by molar-refractivity contribution is 0.263. The highest BCUT2D eigenvalue weighted by molar-refractivity contribution is 5.15. The summed E-state index contributed by atoms with van der Waals surface area (Å²) in [5.41, 5.74) is 8.35. The van der Waals surface area contributed by atoms with Crippen molar-refractivity contribution < 1.29 is 0 Å². The molecule has 0 aliphatic heterocycles. The summed E-state index contributed by atoms with van der Waals surface area (Å²) in [6.45, 7) is 5.76. The molecule has 2 rings (SSSR count). The minimum atomic E-state index is 0.753. The summed E-state index contributed by atoms with van der Waals surface area (Å²) in [6.07, 6.45) is 1.05. The largest absolute Gasteiger partial charge is 0.330 e. The summed E-state index contributed by atoms with van der Waals surface area (Å²) in [4.78, 5) is 2.47. The van der Waals surface area contributed by atoms with Gasteiger partial charge < -0.3 is 11.1 Å². The first-order valence-corrected chi connectivity index (χ1v) is 8.09. The predicted molar refractivity (Wildman–Crippen MR) is 93.5 cm³/mol. The maximum absolute atomic E-state index is 5.66. The molecule has 0 unspecified atom stereocenters. The van der Waals surface area contributed by atoms with Gasteiger partial charge in [-0.3, -0.25) is 4.90 Å². The number of nitrogens with two attached hydrogens (primary N) is 1. The van der Waals surface area contributed by atoms with E-state index in [1.165, 1.54) is 11.1 Å².